The summed E-state index contributed by atoms with van der Waals surface area (Å²) in [7, 11) is -0.525. The third-order valence-corrected chi connectivity index (χ3v) is 12.0. The van der Waals surface area contributed by atoms with E-state index in [0.29, 0.717) is 65.2 Å². The number of tetrazole rings is 1. The number of rotatable bonds is 14. The lowest BCUT2D eigenvalue weighted by Gasteiger charge is -2.31. The third kappa shape index (κ3) is 8.73. The summed E-state index contributed by atoms with van der Waals surface area (Å²) in [6.45, 7) is -0.541. The first-order valence-electron chi connectivity index (χ1n) is 17.7. The maximum absolute atomic E-state index is 15.4. The molecular formula is C39H42F3N7O6S. The number of nitrogens with two attached hydrogens (primary N) is 1. The van der Waals surface area contributed by atoms with Crippen molar-refractivity contribution < 1.29 is 41.0 Å². The SMILES string of the molecule is COc1ccc(CN(Cc2ccc(OC)cc2)S(=O)(=O)c2c(C(F)(F)F)ccc(C3CCC(/C(N)=N/O)CC3)c2-c2nnnn2Cc2ccc(OC)cc2)cc1. The van der Waals surface area contributed by atoms with Crippen molar-refractivity contribution in [1.82, 2.24) is 24.5 Å². The molecule has 0 unspecified atom stereocenters. The minimum atomic E-state index is -5.10. The van der Waals surface area contributed by atoms with Crippen molar-refractivity contribution in [3.8, 4) is 28.6 Å². The van der Waals surface area contributed by atoms with Gasteiger partial charge >= 0.3 is 6.18 Å². The molecule has 1 heterocycles. The third-order valence-electron chi connectivity index (χ3n) is 10.1. The van der Waals surface area contributed by atoms with Crippen molar-refractivity contribution in [3.05, 3.63) is 113 Å². The normalized spacial score (nSPS) is 16.5. The van der Waals surface area contributed by atoms with E-state index in [0.717, 1.165) is 10.4 Å². The van der Waals surface area contributed by atoms with Crippen LogP contribution in [-0.4, -0.2) is 65.3 Å². The molecule has 1 fully saturated rings. The molecule has 0 aliphatic heterocycles. The Kier molecular flexibility index (Phi) is 12.1. The fourth-order valence-corrected chi connectivity index (χ4v) is 8.88. The van der Waals surface area contributed by atoms with Crippen molar-refractivity contribution in [2.75, 3.05) is 21.3 Å². The fourth-order valence-electron chi connectivity index (χ4n) is 7.06. The van der Waals surface area contributed by atoms with Gasteiger partial charge in [-0.15, -0.1) is 5.10 Å². The molecule has 13 nitrogen and oxygen atoms in total. The Bertz CT molecular complexity index is 2190. The maximum Gasteiger partial charge on any atom is 0.417 e. The van der Waals surface area contributed by atoms with Crippen LogP contribution in [0.5, 0.6) is 17.2 Å². The zero-order valence-electron chi connectivity index (χ0n) is 31.0. The number of hydrogen-bond acceptors (Lipinski definition) is 10. The summed E-state index contributed by atoms with van der Waals surface area (Å²) < 4.78 is 94.8. The Morgan fingerprint density at radius 1 is 0.821 bits per heavy atom. The number of benzene rings is 4. The number of amidine groups is 1. The molecule has 5 aromatic rings. The largest absolute Gasteiger partial charge is 0.497 e. The van der Waals surface area contributed by atoms with Gasteiger partial charge in [0.05, 0.1) is 33.4 Å². The standard InChI is InChI=1S/C39H42F3N7O6S/c1-53-30-14-4-25(5-15-30)22-48(23-26-6-16-31(54-2)17-7-26)56(51,52)36-34(39(40,41)42)21-20-33(28-10-12-29(13-11-28)37(43)45-50)35(36)38-44-46-47-49(38)24-27-8-18-32(55-3)19-9-27/h4-9,14-21,28-29,50H,10-13,22-24H2,1-3H3,(H2,43,45). The molecule has 1 aliphatic carbocycles. The van der Waals surface area contributed by atoms with E-state index in [1.165, 1.54) is 32.1 Å². The van der Waals surface area contributed by atoms with Gasteiger partial charge in [-0.2, -0.15) is 17.5 Å². The Morgan fingerprint density at radius 3 is 1.79 bits per heavy atom. The van der Waals surface area contributed by atoms with Gasteiger partial charge in [-0.1, -0.05) is 47.6 Å². The number of halogens is 3. The Balaban J connectivity index is 1.57. The molecule has 0 bridgehead atoms. The average molecular weight is 794 g/mol. The number of aromatic nitrogens is 4. The van der Waals surface area contributed by atoms with Crippen LogP contribution in [0.25, 0.3) is 11.4 Å². The van der Waals surface area contributed by atoms with Gasteiger partial charge in [0.15, 0.2) is 5.82 Å². The smallest absolute Gasteiger partial charge is 0.417 e. The van der Waals surface area contributed by atoms with Gasteiger partial charge in [0.1, 0.15) is 28.0 Å². The quantitative estimate of drug-likeness (QED) is 0.0526. The van der Waals surface area contributed by atoms with Gasteiger partial charge in [-0.25, -0.2) is 13.1 Å². The lowest BCUT2D eigenvalue weighted by molar-refractivity contribution is -0.139. The number of methoxy groups -OCH3 is 3. The number of nitrogens with zero attached hydrogens (tertiary/aromatic N) is 6. The second kappa shape index (κ2) is 17.0. The second-order valence-corrected chi connectivity index (χ2v) is 15.3. The minimum Gasteiger partial charge on any atom is -0.497 e. The molecule has 0 amide bonds. The maximum atomic E-state index is 15.4. The van der Waals surface area contributed by atoms with E-state index < -0.39 is 32.6 Å². The van der Waals surface area contributed by atoms with E-state index in [4.69, 9.17) is 19.9 Å². The van der Waals surface area contributed by atoms with Crippen LogP contribution in [0.15, 0.2) is 95.0 Å². The highest BCUT2D eigenvalue weighted by atomic mass is 32.2. The minimum absolute atomic E-state index is 0.0130. The van der Waals surface area contributed by atoms with E-state index >= 15 is 21.6 Å². The summed E-state index contributed by atoms with van der Waals surface area (Å²) in [4.78, 5) is -0.950. The van der Waals surface area contributed by atoms with Crippen LogP contribution in [0.1, 0.15) is 59.4 Å². The molecule has 3 N–H and O–H groups in total. The molecule has 0 saturated heterocycles. The molecule has 56 heavy (non-hydrogen) atoms. The highest BCUT2D eigenvalue weighted by molar-refractivity contribution is 7.89. The van der Waals surface area contributed by atoms with Crippen LogP contribution < -0.4 is 19.9 Å². The number of sulfonamides is 1. The highest BCUT2D eigenvalue weighted by Gasteiger charge is 2.44. The summed E-state index contributed by atoms with van der Waals surface area (Å²) in [5.74, 6) is 0.907. The van der Waals surface area contributed by atoms with Crippen LogP contribution in [0, 0.1) is 5.92 Å². The summed E-state index contributed by atoms with van der Waals surface area (Å²) in [6, 6.07) is 22.4. The lowest BCUT2D eigenvalue weighted by atomic mass is 9.76. The molecule has 17 heteroatoms. The monoisotopic (exact) mass is 793 g/mol. The fraction of sp³-hybridized carbons (Fsp3) is 0.333. The predicted molar refractivity (Wildman–Crippen MR) is 201 cm³/mol. The molecule has 4 aromatic carbocycles. The number of ether oxygens (including phenoxy) is 3. The van der Waals surface area contributed by atoms with Gasteiger partial charge in [-0.05, 0) is 107 Å². The average Bonchev–Trinajstić information content (AvgIpc) is 3.67. The first kappa shape index (κ1) is 40.0. The summed E-state index contributed by atoms with van der Waals surface area (Å²) in [6.07, 6.45) is -3.35. The Hall–Kier alpha value is -5.68. The molecule has 296 valence electrons. The first-order valence-corrected chi connectivity index (χ1v) is 19.2. The van der Waals surface area contributed by atoms with E-state index in [-0.39, 0.29) is 42.8 Å². The van der Waals surface area contributed by atoms with Crippen LogP contribution in [0.4, 0.5) is 13.2 Å². The van der Waals surface area contributed by atoms with Crippen molar-refractivity contribution in [2.24, 2.45) is 16.8 Å². The summed E-state index contributed by atoms with van der Waals surface area (Å²) in [5.41, 5.74) is 6.40. The molecule has 6 rings (SSSR count). The van der Waals surface area contributed by atoms with Gasteiger partial charge in [0, 0.05) is 24.6 Å². The number of oxime groups is 1. The molecule has 1 aromatic heterocycles. The molecule has 1 saturated carbocycles. The molecule has 0 atom stereocenters. The summed E-state index contributed by atoms with van der Waals surface area (Å²) in [5, 5.41) is 24.7. The van der Waals surface area contributed by atoms with Crippen LogP contribution in [0.3, 0.4) is 0 Å². The number of hydrogen-bond donors (Lipinski definition) is 2. The topological polar surface area (TPSA) is 167 Å². The zero-order chi connectivity index (χ0) is 40.0. The molecular weight excluding hydrogens is 752 g/mol. The van der Waals surface area contributed by atoms with Gasteiger partial charge in [-0.3, -0.25) is 0 Å². The molecule has 0 spiro atoms. The van der Waals surface area contributed by atoms with E-state index in [1.54, 1.807) is 72.8 Å². The second-order valence-electron chi connectivity index (χ2n) is 13.5. The van der Waals surface area contributed by atoms with Crippen molar-refractivity contribution in [2.45, 2.75) is 62.3 Å². The van der Waals surface area contributed by atoms with E-state index in [2.05, 4.69) is 20.7 Å². The summed E-state index contributed by atoms with van der Waals surface area (Å²) >= 11 is 0. The van der Waals surface area contributed by atoms with Crippen molar-refractivity contribution >= 4 is 15.9 Å². The number of alkyl halides is 3. The van der Waals surface area contributed by atoms with Crippen LogP contribution in [0.2, 0.25) is 0 Å². The van der Waals surface area contributed by atoms with Crippen molar-refractivity contribution in [1.29, 1.82) is 0 Å². The van der Waals surface area contributed by atoms with E-state index in [1.807, 2.05) is 0 Å². The van der Waals surface area contributed by atoms with Crippen LogP contribution >= 0.6 is 0 Å². The Morgan fingerprint density at radius 2 is 1.32 bits per heavy atom. The van der Waals surface area contributed by atoms with E-state index in [9.17, 15) is 5.21 Å². The van der Waals surface area contributed by atoms with Gasteiger partial charge in [0.2, 0.25) is 10.0 Å². The highest BCUT2D eigenvalue weighted by Crippen LogP contribution is 2.47. The predicted octanol–water partition coefficient (Wildman–Crippen LogP) is 6.84. The van der Waals surface area contributed by atoms with Gasteiger partial charge in [0.25, 0.3) is 0 Å². The molecule has 0 radical (unpaired) electrons. The Labute approximate surface area is 322 Å². The van der Waals surface area contributed by atoms with Crippen LogP contribution in [-0.2, 0) is 35.8 Å². The first-order chi connectivity index (χ1) is 26.9. The lowest BCUT2D eigenvalue weighted by Crippen LogP contribution is -2.33. The zero-order valence-corrected chi connectivity index (χ0v) is 31.8. The van der Waals surface area contributed by atoms with Crippen molar-refractivity contribution in [3.63, 3.8) is 0 Å². The van der Waals surface area contributed by atoms with Gasteiger partial charge < -0.3 is 25.2 Å². The molecule has 1 aliphatic rings.